The van der Waals surface area contributed by atoms with Crippen molar-refractivity contribution in [2.45, 2.75) is 18.8 Å². The maximum Gasteiger partial charge on any atom is 0.230 e. The van der Waals surface area contributed by atoms with Crippen molar-refractivity contribution in [3.05, 3.63) is 30.4 Å². The Morgan fingerprint density at radius 3 is 2.71 bits per heavy atom. The van der Waals surface area contributed by atoms with Crippen LogP contribution in [0.3, 0.4) is 0 Å². The third kappa shape index (κ3) is 1.28. The lowest BCUT2D eigenvalue weighted by Gasteiger charge is -1.89. The molecular weight excluding hydrogens is 178 g/mol. The minimum absolute atomic E-state index is 0.512. The zero-order valence-electron chi connectivity index (χ0n) is 7.55. The van der Waals surface area contributed by atoms with E-state index in [9.17, 15) is 0 Å². The van der Waals surface area contributed by atoms with Crippen LogP contribution < -0.4 is 0 Å². The summed E-state index contributed by atoms with van der Waals surface area (Å²) < 4.78 is 5.16. The van der Waals surface area contributed by atoms with Gasteiger partial charge in [-0.1, -0.05) is 5.16 Å². The summed E-state index contributed by atoms with van der Waals surface area (Å²) in [5, 5.41) is 3.93. The zero-order chi connectivity index (χ0) is 9.38. The van der Waals surface area contributed by atoms with Crippen LogP contribution >= 0.6 is 0 Å². The lowest BCUT2D eigenvalue weighted by atomic mass is 10.2. The smallest absolute Gasteiger partial charge is 0.230 e. The Morgan fingerprint density at radius 1 is 1.21 bits per heavy atom. The summed E-state index contributed by atoms with van der Waals surface area (Å²) >= 11 is 0. The fraction of sp³-hybridized carbons (Fsp3) is 0.300. The first-order chi connectivity index (χ1) is 6.93. The van der Waals surface area contributed by atoms with Crippen molar-refractivity contribution in [1.29, 1.82) is 0 Å². The summed E-state index contributed by atoms with van der Waals surface area (Å²) in [4.78, 5) is 8.28. The first-order valence-electron chi connectivity index (χ1n) is 4.67. The SMILES string of the molecule is c1cc(-c2noc(C3CC3)n2)ccn1. The number of rotatable bonds is 2. The van der Waals surface area contributed by atoms with E-state index in [1.807, 2.05) is 12.1 Å². The Balaban J connectivity index is 1.96. The number of hydrogen-bond donors (Lipinski definition) is 0. The number of pyridine rings is 1. The van der Waals surface area contributed by atoms with Gasteiger partial charge in [-0.05, 0) is 25.0 Å². The molecule has 4 heteroatoms. The van der Waals surface area contributed by atoms with Gasteiger partial charge in [0.2, 0.25) is 11.7 Å². The molecule has 1 aliphatic carbocycles. The molecule has 1 saturated carbocycles. The summed E-state index contributed by atoms with van der Waals surface area (Å²) in [6.07, 6.45) is 5.81. The highest BCUT2D eigenvalue weighted by Crippen LogP contribution is 2.39. The van der Waals surface area contributed by atoms with Crippen LogP contribution in [0.25, 0.3) is 11.4 Å². The van der Waals surface area contributed by atoms with Gasteiger partial charge in [-0.2, -0.15) is 4.98 Å². The molecule has 0 amide bonds. The largest absolute Gasteiger partial charge is 0.339 e. The summed E-state index contributed by atoms with van der Waals surface area (Å²) in [6.45, 7) is 0. The van der Waals surface area contributed by atoms with Gasteiger partial charge in [0.15, 0.2) is 0 Å². The van der Waals surface area contributed by atoms with Gasteiger partial charge in [0, 0.05) is 23.9 Å². The Bertz CT molecular complexity index is 434. The Kier molecular flexibility index (Phi) is 1.59. The van der Waals surface area contributed by atoms with Crippen LogP contribution in [0.2, 0.25) is 0 Å². The predicted octanol–water partition coefficient (Wildman–Crippen LogP) is 2.01. The standard InChI is InChI=1S/C10H9N3O/c1-2-8(1)10-12-9(13-14-10)7-3-5-11-6-4-7/h3-6,8H,1-2H2. The van der Waals surface area contributed by atoms with Crippen molar-refractivity contribution >= 4 is 0 Å². The summed E-state index contributed by atoms with van der Waals surface area (Å²) in [6, 6.07) is 3.75. The van der Waals surface area contributed by atoms with E-state index in [4.69, 9.17) is 4.52 Å². The lowest BCUT2D eigenvalue weighted by molar-refractivity contribution is 0.380. The molecule has 70 valence electrons. The minimum atomic E-state index is 0.512. The molecule has 2 aromatic heterocycles. The maximum absolute atomic E-state index is 5.16. The van der Waals surface area contributed by atoms with Crippen molar-refractivity contribution in [3.8, 4) is 11.4 Å². The molecule has 14 heavy (non-hydrogen) atoms. The molecule has 0 N–H and O–H groups in total. The van der Waals surface area contributed by atoms with Gasteiger partial charge in [-0.25, -0.2) is 0 Å². The highest BCUT2D eigenvalue weighted by molar-refractivity contribution is 5.52. The fourth-order valence-electron chi connectivity index (χ4n) is 1.35. The molecule has 0 spiro atoms. The molecule has 4 nitrogen and oxygen atoms in total. The van der Waals surface area contributed by atoms with Crippen molar-refractivity contribution in [1.82, 2.24) is 15.1 Å². The third-order valence-electron chi connectivity index (χ3n) is 2.31. The monoisotopic (exact) mass is 187 g/mol. The normalized spacial score (nSPS) is 15.7. The van der Waals surface area contributed by atoms with Crippen LogP contribution in [0.1, 0.15) is 24.7 Å². The molecule has 0 aliphatic heterocycles. The molecule has 0 unspecified atom stereocenters. The molecule has 1 aliphatic rings. The summed E-state index contributed by atoms with van der Waals surface area (Å²) in [5.74, 6) is 1.95. The van der Waals surface area contributed by atoms with E-state index in [1.165, 1.54) is 12.8 Å². The van der Waals surface area contributed by atoms with Crippen molar-refractivity contribution in [2.24, 2.45) is 0 Å². The van der Waals surface area contributed by atoms with Gasteiger partial charge in [0.05, 0.1) is 0 Å². The quantitative estimate of drug-likeness (QED) is 0.721. The Labute approximate surface area is 81.0 Å². The molecule has 3 rings (SSSR count). The van der Waals surface area contributed by atoms with E-state index in [1.54, 1.807) is 12.4 Å². The van der Waals surface area contributed by atoms with Crippen molar-refractivity contribution < 1.29 is 4.52 Å². The zero-order valence-corrected chi connectivity index (χ0v) is 7.55. The summed E-state index contributed by atoms with van der Waals surface area (Å²) in [5.41, 5.74) is 0.954. The van der Waals surface area contributed by atoms with Crippen LogP contribution in [-0.2, 0) is 0 Å². The molecule has 0 bridgehead atoms. The van der Waals surface area contributed by atoms with Gasteiger partial charge >= 0.3 is 0 Å². The van der Waals surface area contributed by atoms with Crippen LogP contribution in [-0.4, -0.2) is 15.1 Å². The fourth-order valence-corrected chi connectivity index (χ4v) is 1.35. The number of hydrogen-bond acceptors (Lipinski definition) is 4. The van der Waals surface area contributed by atoms with Crippen LogP contribution in [0.5, 0.6) is 0 Å². The Hall–Kier alpha value is -1.71. The molecule has 0 aromatic carbocycles. The van der Waals surface area contributed by atoms with E-state index in [2.05, 4.69) is 15.1 Å². The van der Waals surface area contributed by atoms with E-state index >= 15 is 0 Å². The van der Waals surface area contributed by atoms with E-state index in [0.29, 0.717) is 11.7 Å². The van der Waals surface area contributed by atoms with Crippen molar-refractivity contribution in [2.75, 3.05) is 0 Å². The molecule has 1 fully saturated rings. The van der Waals surface area contributed by atoms with Crippen LogP contribution in [0, 0.1) is 0 Å². The molecular formula is C10H9N3O. The molecule has 2 aromatic rings. The van der Waals surface area contributed by atoms with Crippen LogP contribution in [0.15, 0.2) is 29.0 Å². The number of nitrogens with zero attached hydrogens (tertiary/aromatic N) is 3. The second-order valence-electron chi connectivity index (χ2n) is 3.47. The lowest BCUT2D eigenvalue weighted by Crippen LogP contribution is -1.81. The van der Waals surface area contributed by atoms with Gasteiger partial charge in [0.25, 0.3) is 0 Å². The molecule has 0 saturated heterocycles. The highest BCUT2D eigenvalue weighted by Gasteiger charge is 2.29. The van der Waals surface area contributed by atoms with E-state index < -0.39 is 0 Å². The van der Waals surface area contributed by atoms with Gasteiger partial charge in [-0.15, -0.1) is 0 Å². The number of aromatic nitrogens is 3. The first kappa shape index (κ1) is 7.67. The first-order valence-corrected chi connectivity index (χ1v) is 4.67. The second kappa shape index (κ2) is 2.90. The highest BCUT2D eigenvalue weighted by atomic mass is 16.5. The predicted molar refractivity (Wildman–Crippen MR) is 49.5 cm³/mol. The van der Waals surface area contributed by atoms with Crippen molar-refractivity contribution in [3.63, 3.8) is 0 Å². The third-order valence-corrected chi connectivity index (χ3v) is 2.31. The topological polar surface area (TPSA) is 51.8 Å². The van der Waals surface area contributed by atoms with Gasteiger partial charge in [0.1, 0.15) is 0 Å². The molecule has 0 radical (unpaired) electrons. The Morgan fingerprint density at radius 2 is 2.00 bits per heavy atom. The molecule has 2 heterocycles. The average Bonchev–Trinajstić information content (AvgIpc) is 2.98. The van der Waals surface area contributed by atoms with Crippen LogP contribution in [0.4, 0.5) is 0 Å². The average molecular weight is 187 g/mol. The van der Waals surface area contributed by atoms with E-state index in [-0.39, 0.29) is 0 Å². The van der Waals surface area contributed by atoms with E-state index in [0.717, 1.165) is 11.5 Å². The summed E-state index contributed by atoms with van der Waals surface area (Å²) in [7, 11) is 0. The minimum Gasteiger partial charge on any atom is -0.339 e. The van der Waals surface area contributed by atoms with Gasteiger partial charge in [-0.3, -0.25) is 4.98 Å². The van der Waals surface area contributed by atoms with Gasteiger partial charge < -0.3 is 4.52 Å². The second-order valence-corrected chi connectivity index (χ2v) is 3.47. The molecule has 0 atom stereocenters. The maximum atomic E-state index is 5.16.